The summed E-state index contributed by atoms with van der Waals surface area (Å²) in [6.45, 7) is 10.3. The summed E-state index contributed by atoms with van der Waals surface area (Å²) in [5.74, 6) is -0.330. The van der Waals surface area contributed by atoms with E-state index in [1.54, 1.807) is 0 Å². The van der Waals surface area contributed by atoms with Gasteiger partial charge in [0, 0.05) is 6.08 Å². The van der Waals surface area contributed by atoms with Gasteiger partial charge in [0.25, 0.3) is 0 Å². The average Bonchev–Trinajstić information content (AvgIpc) is 2.08. The SMILES string of the molecule is C=CC(=O)OCCCC.[C-]#[O+]. The molecule has 0 aliphatic heterocycles. The van der Waals surface area contributed by atoms with Gasteiger partial charge in [-0.15, -0.1) is 0 Å². The Morgan fingerprint density at radius 2 is 2.27 bits per heavy atom. The van der Waals surface area contributed by atoms with Crippen LogP contribution in [0.1, 0.15) is 19.8 Å². The molecule has 0 aromatic carbocycles. The zero-order chi connectivity index (χ0) is 9.11. The van der Waals surface area contributed by atoms with Gasteiger partial charge in [-0.2, -0.15) is 0 Å². The van der Waals surface area contributed by atoms with Crippen LogP contribution in [0, 0.1) is 6.65 Å². The van der Waals surface area contributed by atoms with E-state index in [0.29, 0.717) is 6.61 Å². The molecule has 0 fully saturated rings. The Hall–Kier alpha value is -1.05. The number of carbonyl (C=O) groups is 1. The van der Waals surface area contributed by atoms with Crippen molar-refractivity contribution in [2.24, 2.45) is 0 Å². The van der Waals surface area contributed by atoms with Crippen LogP contribution in [0.2, 0.25) is 0 Å². The second-order valence-electron chi connectivity index (χ2n) is 1.73. The molecule has 0 saturated heterocycles. The summed E-state index contributed by atoms with van der Waals surface area (Å²) in [6.07, 6.45) is 3.15. The van der Waals surface area contributed by atoms with Crippen LogP contribution < -0.4 is 0 Å². The number of hydrogen-bond acceptors (Lipinski definition) is 2. The van der Waals surface area contributed by atoms with Crippen LogP contribution in [0.5, 0.6) is 0 Å². The monoisotopic (exact) mass is 156 g/mol. The van der Waals surface area contributed by atoms with E-state index in [2.05, 4.69) is 18.0 Å². The Morgan fingerprint density at radius 3 is 2.64 bits per heavy atom. The normalized spacial score (nSPS) is 7.18. The zero-order valence-corrected chi connectivity index (χ0v) is 6.63. The number of unbranched alkanes of at least 4 members (excludes halogenated alkanes) is 1. The van der Waals surface area contributed by atoms with E-state index in [4.69, 9.17) is 4.65 Å². The Balaban J connectivity index is 0. The van der Waals surface area contributed by atoms with E-state index in [1.807, 2.05) is 6.92 Å². The summed E-state index contributed by atoms with van der Waals surface area (Å²) in [4.78, 5) is 10.3. The van der Waals surface area contributed by atoms with Crippen LogP contribution in [0.3, 0.4) is 0 Å². The molecule has 0 atom stereocenters. The third-order valence-corrected chi connectivity index (χ3v) is 0.909. The van der Waals surface area contributed by atoms with Crippen molar-refractivity contribution in [2.75, 3.05) is 6.61 Å². The number of ether oxygens (including phenoxy) is 1. The topological polar surface area (TPSA) is 46.2 Å². The van der Waals surface area contributed by atoms with Gasteiger partial charge in [-0.3, -0.25) is 0 Å². The molecule has 62 valence electrons. The molecule has 0 bridgehead atoms. The molecule has 0 spiro atoms. The first-order valence-electron chi connectivity index (χ1n) is 3.31. The number of carbonyl (C=O) groups excluding carboxylic acids is 1. The summed E-state index contributed by atoms with van der Waals surface area (Å²) in [5, 5.41) is 0. The Morgan fingerprint density at radius 1 is 1.73 bits per heavy atom. The summed E-state index contributed by atoms with van der Waals surface area (Å²) in [7, 11) is 0. The standard InChI is InChI=1S/C7H12O2.CO/c1-3-5-6-9-7(8)4-2;1-2/h4H,2-3,5-6H2,1H3;. The third-order valence-electron chi connectivity index (χ3n) is 0.909. The first-order valence-corrected chi connectivity index (χ1v) is 3.31. The van der Waals surface area contributed by atoms with Gasteiger partial charge in [0.15, 0.2) is 0 Å². The van der Waals surface area contributed by atoms with Gasteiger partial charge in [-0.05, 0) is 6.42 Å². The minimum atomic E-state index is -0.330. The molecule has 0 aromatic heterocycles. The van der Waals surface area contributed by atoms with E-state index in [9.17, 15) is 4.79 Å². The predicted octanol–water partition coefficient (Wildman–Crippen LogP) is 1.48. The number of esters is 1. The summed E-state index contributed by atoms with van der Waals surface area (Å²) >= 11 is 0. The van der Waals surface area contributed by atoms with Gasteiger partial charge >= 0.3 is 17.3 Å². The molecule has 3 nitrogen and oxygen atoms in total. The Kier molecular flexibility index (Phi) is 13.4. The fourth-order valence-corrected chi connectivity index (χ4v) is 0.376. The maximum atomic E-state index is 10.3. The molecule has 0 heterocycles. The van der Waals surface area contributed by atoms with Crippen molar-refractivity contribution in [3.8, 4) is 0 Å². The van der Waals surface area contributed by atoms with Crippen LogP contribution in [-0.4, -0.2) is 12.6 Å². The van der Waals surface area contributed by atoms with Gasteiger partial charge in [0.05, 0.1) is 6.61 Å². The van der Waals surface area contributed by atoms with Gasteiger partial charge < -0.3 is 4.74 Å². The molecule has 0 N–H and O–H groups in total. The van der Waals surface area contributed by atoms with Crippen molar-refractivity contribution < 1.29 is 14.2 Å². The van der Waals surface area contributed by atoms with Crippen molar-refractivity contribution in [3.05, 3.63) is 19.3 Å². The van der Waals surface area contributed by atoms with Gasteiger partial charge in [-0.1, -0.05) is 19.9 Å². The first-order chi connectivity index (χ1) is 5.31. The molecule has 0 saturated carbocycles. The second-order valence-corrected chi connectivity index (χ2v) is 1.73. The van der Waals surface area contributed by atoms with Crippen molar-refractivity contribution in [2.45, 2.75) is 19.8 Å². The molecular weight excluding hydrogens is 144 g/mol. The van der Waals surface area contributed by atoms with E-state index >= 15 is 0 Å². The van der Waals surface area contributed by atoms with Gasteiger partial charge in [-0.25, -0.2) is 4.79 Å². The molecule has 0 unspecified atom stereocenters. The van der Waals surface area contributed by atoms with E-state index in [1.165, 1.54) is 6.08 Å². The van der Waals surface area contributed by atoms with Crippen molar-refractivity contribution in [3.63, 3.8) is 0 Å². The zero-order valence-electron chi connectivity index (χ0n) is 6.63. The summed E-state index contributed by atoms with van der Waals surface area (Å²) in [5.41, 5.74) is 0. The minimum absolute atomic E-state index is 0.330. The molecule has 0 radical (unpaired) electrons. The molecular formula is C8H12O3. The fourth-order valence-electron chi connectivity index (χ4n) is 0.376. The predicted molar refractivity (Wildman–Crippen MR) is 40.0 cm³/mol. The molecule has 0 aromatic rings. The third kappa shape index (κ3) is 12.2. The molecule has 3 heteroatoms. The Bertz CT molecular complexity index is 127. The quantitative estimate of drug-likeness (QED) is 0.203. The average molecular weight is 156 g/mol. The van der Waals surface area contributed by atoms with Gasteiger partial charge in [0.1, 0.15) is 0 Å². The summed E-state index contributed by atoms with van der Waals surface area (Å²) in [6, 6.07) is 0. The molecule has 0 aliphatic rings. The maximum absolute atomic E-state index is 10.3. The van der Waals surface area contributed by atoms with Crippen LogP contribution in [0.25, 0.3) is 0 Å². The van der Waals surface area contributed by atoms with Crippen molar-refractivity contribution in [1.82, 2.24) is 0 Å². The van der Waals surface area contributed by atoms with Crippen molar-refractivity contribution in [1.29, 1.82) is 0 Å². The first kappa shape index (κ1) is 12.6. The molecule has 0 aliphatic carbocycles. The number of hydrogen-bond donors (Lipinski definition) is 0. The van der Waals surface area contributed by atoms with E-state index in [-0.39, 0.29) is 5.97 Å². The molecule has 0 amide bonds. The second kappa shape index (κ2) is 11.7. The summed E-state index contributed by atoms with van der Waals surface area (Å²) < 4.78 is 12.2. The van der Waals surface area contributed by atoms with Crippen LogP contribution >= 0.6 is 0 Å². The van der Waals surface area contributed by atoms with Crippen LogP contribution in [-0.2, 0) is 14.2 Å². The molecule has 0 rings (SSSR count). The van der Waals surface area contributed by atoms with Crippen LogP contribution in [0.15, 0.2) is 12.7 Å². The van der Waals surface area contributed by atoms with Crippen LogP contribution in [0.4, 0.5) is 0 Å². The van der Waals surface area contributed by atoms with E-state index < -0.39 is 0 Å². The Labute approximate surface area is 66.8 Å². The van der Waals surface area contributed by atoms with E-state index in [0.717, 1.165) is 12.8 Å². The van der Waals surface area contributed by atoms with Gasteiger partial charge in [0.2, 0.25) is 0 Å². The molecule has 11 heavy (non-hydrogen) atoms. The fraction of sp³-hybridized carbons (Fsp3) is 0.500. The number of rotatable bonds is 4. The van der Waals surface area contributed by atoms with Crippen molar-refractivity contribution >= 4 is 5.97 Å².